The third-order valence-corrected chi connectivity index (χ3v) is 10.5. The van der Waals surface area contributed by atoms with E-state index in [1.54, 1.807) is 6.92 Å². The summed E-state index contributed by atoms with van der Waals surface area (Å²) in [5.74, 6) is -0.319. The Morgan fingerprint density at radius 3 is 1.29 bits per heavy atom. The Bertz CT molecular complexity index is 639. The molecule has 0 aromatic heterocycles. The van der Waals surface area contributed by atoms with Crippen molar-refractivity contribution in [3.63, 3.8) is 0 Å². The Morgan fingerprint density at radius 1 is 0.524 bits per heavy atom. The number of carbonyl (C=O) groups excluding carboxylic acids is 2. The molecule has 0 spiro atoms. The Hall–Kier alpha value is -1.22. The van der Waals surface area contributed by atoms with Gasteiger partial charge < -0.3 is 22.8 Å². The minimum Gasteiger partial charge on any atom is -0.466 e. The maximum atomic E-state index is 12.0. The van der Waals surface area contributed by atoms with Crippen molar-refractivity contribution >= 4 is 20.7 Å². The summed E-state index contributed by atoms with van der Waals surface area (Å²) in [6, 6.07) is 0.919. The molecular formula is C34H66O7Si. The second-order valence-corrected chi connectivity index (χ2v) is 14.1. The second-order valence-electron chi connectivity index (χ2n) is 11.3. The third kappa shape index (κ3) is 25.3. The predicted molar refractivity (Wildman–Crippen MR) is 175 cm³/mol. The van der Waals surface area contributed by atoms with Crippen LogP contribution in [0.25, 0.3) is 0 Å². The molecule has 0 aliphatic rings. The fraction of sp³-hybridized carbons (Fsp3) is 0.882. The Labute approximate surface area is 260 Å². The first kappa shape index (κ1) is 40.8. The van der Waals surface area contributed by atoms with Crippen LogP contribution < -0.4 is 0 Å². The van der Waals surface area contributed by atoms with E-state index in [4.69, 9.17) is 22.8 Å². The molecular weight excluding hydrogens is 548 g/mol. The highest BCUT2D eigenvalue weighted by atomic mass is 28.4. The van der Waals surface area contributed by atoms with Gasteiger partial charge in [-0.15, -0.1) is 0 Å². The van der Waals surface area contributed by atoms with E-state index < -0.39 is 8.80 Å². The largest absolute Gasteiger partial charge is 0.500 e. The molecule has 248 valence electrons. The summed E-state index contributed by atoms with van der Waals surface area (Å²) in [6.07, 6.45) is 22.7. The van der Waals surface area contributed by atoms with Crippen LogP contribution >= 0.6 is 0 Å². The molecule has 0 aliphatic carbocycles. The molecule has 0 bridgehead atoms. The lowest BCUT2D eigenvalue weighted by Crippen LogP contribution is -2.45. The standard InChI is InChI=1S/C34H66O7Si/c1-6-39-42(40-7-2,41-8-3)31-27-23-19-15-11-14-17-21-25-29-37-33(35)28-24-20-16-12-9-10-13-18-22-26-30-38-34(36)32(4)5/h4,6-31H2,1-3,5H3. The minimum absolute atomic E-state index is 0.0333. The number of hydrogen-bond donors (Lipinski definition) is 0. The van der Waals surface area contributed by atoms with Gasteiger partial charge in [0.05, 0.1) is 13.2 Å². The molecule has 0 rings (SSSR count). The minimum atomic E-state index is -2.47. The predicted octanol–water partition coefficient (Wildman–Crippen LogP) is 9.50. The molecule has 0 aliphatic heterocycles. The maximum Gasteiger partial charge on any atom is 0.500 e. The molecule has 0 aromatic rings. The van der Waals surface area contributed by atoms with Crippen molar-refractivity contribution in [2.75, 3.05) is 33.0 Å². The molecule has 0 aromatic carbocycles. The van der Waals surface area contributed by atoms with E-state index in [9.17, 15) is 9.59 Å². The average molecular weight is 615 g/mol. The first-order valence-electron chi connectivity index (χ1n) is 17.3. The summed E-state index contributed by atoms with van der Waals surface area (Å²) in [6.45, 7) is 14.3. The lowest BCUT2D eigenvalue weighted by Gasteiger charge is -2.28. The van der Waals surface area contributed by atoms with Crippen molar-refractivity contribution in [1.82, 2.24) is 0 Å². The zero-order chi connectivity index (χ0) is 31.2. The SMILES string of the molecule is C=C(C)C(=O)OCCCCCCCCCCCCC(=O)OCCCCCCCCCCC[Si](OCC)(OCC)OCC. The highest BCUT2D eigenvalue weighted by Gasteiger charge is 2.39. The lowest BCUT2D eigenvalue weighted by atomic mass is 10.1. The average Bonchev–Trinajstić information content (AvgIpc) is 2.96. The van der Waals surface area contributed by atoms with E-state index in [0.717, 1.165) is 51.0 Å². The molecule has 0 saturated heterocycles. The summed E-state index contributed by atoms with van der Waals surface area (Å²) >= 11 is 0. The van der Waals surface area contributed by atoms with Crippen LogP contribution in [0, 0.1) is 0 Å². The fourth-order valence-corrected chi connectivity index (χ4v) is 7.70. The number of carbonyl (C=O) groups is 2. The van der Waals surface area contributed by atoms with Gasteiger partial charge in [0.15, 0.2) is 0 Å². The van der Waals surface area contributed by atoms with Crippen molar-refractivity contribution in [2.24, 2.45) is 0 Å². The van der Waals surface area contributed by atoms with Crippen LogP contribution in [0.1, 0.15) is 156 Å². The highest BCUT2D eigenvalue weighted by molar-refractivity contribution is 6.60. The molecule has 0 heterocycles. The summed E-state index contributed by atoms with van der Waals surface area (Å²) in [5, 5.41) is 0. The van der Waals surface area contributed by atoms with Crippen LogP contribution in [0.4, 0.5) is 0 Å². The van der Waals surface area contributed by atoms with E-state index in [2.05, 4.69) is 6.58 Å². The number of hydrogen-bond acceptors (Lipinski definition) is 7. The van der Waals surface area contributed by atoms with Gasteiger partial charge in [0.2, 0.25) is 0 Å². The summed E-state index contributed by atoms with van der Waals surface area (Å²) in [7, 11) is -2.47. The van der Waals surface area contributed by atoms with Gasteiger partial charge in [-0.25, -0.2) is 4.79 Å². The van der Waals surface area contributed by atoms with E-state index in [1.807, 2.05) is 20.8 Å². The highest BCUT2D eigenvalue weighted by Crippen LogP contribution is 2.21. The summed E-state index contributed by atoms with van der Waals surface area (Å²) in [5.41, 5.74) is 0.464. The number of unbranched alkanes of at least 4 members (excludes halogenated alkanes) is 17. The van der Waals surface area contributed by atoms with Crippen molar-refractivity contribution in [3.05, 3.63) is 12.2 Å². The van der Waals surface area contributed by atoms with Crippen LogP contribution in [0.15, 0.2) is 12.2 Å². The van der Waals surface area contributed by atoms with E-state index in [-0.39, 0.29) is 11.9 Å². The summed E-state index contributed by atoms with van der Waals surface area (Å²) < 4.78 is 28.3. The smallest absolute Gasteiger partial charge is 0.466 e. The summed E-state index contributed by atoms with van der Waals surface area (Å²) in [4.78, 5) is 23.2. The molecule has 0 N–H and O–H groups in total. The Morgan fingerprint density at radius 2 is 0.881 bits per heavy atom. The van der Waals surface area contributed by atoms with Gasteiger partial charge in [-0.05, 0) is 53.4 Å². The zero-order valence-corrected chi connectivity index (χ0v) is 28.9. The lowest BCUT2D eigenvalue weighted by molar-refractivity contribution is -0.144. The molecule has 8 heteroatoms. The fourth-order valence-electron chi connectivity index (χ4n) is 5.01. The maximum absolute atomic E-state index is 12.0. The molecule has 0 atom stereocenters. The van der Waals surface area contributed by atoms with Gasteiger partial charge in [-0.3, -0.25) is 4.79 Å². The first-order valence-corrected chi connectivity index (χ1v) is 19.2. The number of rotatable bonds is 32. The number of esters is 2. The van der Waals surface area contributed by atoms with Crippen molar-refractivity contribution in [3.8, 4) is 0 Å². The van der Waals surface area contributed by atoms with Crippen LogP contribution in [-0.4, -0.2) is 53.8 Å². The Kier molecular flexibility index (Phi) is 29.0. The van der Waals surface area contributed by atoms with Gasteiger partial charge in [0.1, 0.15) is 0 Å². The zero-order valence-electron chi connectivity index (χ0n) is 27.9. The molecule has 0 amide bonds. The topological polar surface area (TPSA) is 80.3 Å². The van der Waals surface area contributed by atoms with Crippen LogP contribution in [0.3, 0.4) is 0 Å². The second kappa shape index (κ2) is 29.8. The van der Waals surface area contributed by atoms with Crippen LogP contribution in [-0.2, 0) is 32.3 Å². The Balaban J connectivity index is 3.42. The molecule has 42 heavy (non-hydrogen) atoms. The van der Waals surface area contributed by atoms with Crippen molar-refractivity contribution in [2.45, 2.75) is 162 Å². The van der Waals surface area contributed by atoms with Crippen molar-refractivity contribution < 1.29 is 32.3 Å². The normalized spacial score (nSPS) is 11.5. The van der Waals surface area contributed by atoms with E-state index in [0.29, 0.717) is 45.0 Å². The van der Waals surface area contributed by atoms with Gasteiger partial charge in [-0.1, -0.05) is 103 Å². The van der Waals surface area contributed by atoms with Crippen LogP contribution in [0.5, 0.6) is 0 Å². The quantitative estimate of drug-likeness (QED) is 0.0323. The molecule has 0 fully saturated rings. The van der Waals surface area contributed by atoms with Gasteiger partial charge in [0, 0.05) is 37.9 Å². The number of ether oxygens (including phenoxy) is 2. The van der Waals surface area contributed by atoms with Crippen molar-refractivity contribution in [1.29, 1.82) is 0 Å². The van der Waals surface area contributed by atoms with E-state index in [1.165, 1.54) is 77.0 Å². The van der Waals surface area contributed by atoms with Gasteiger partial charge in [0.25, 0.3) is 0 Å². The molecule has 0 radical (unpaired) electrons. The van der Waals surface area contributed by atoms with Crippen LogP contribution in [0.2, 0.25) is 6.04 Å². The first-order chi connectivity index (χ1) is 20.4. The monoisotopic (exact) mass is 614 g/mol. The third-order valence-electron chi connectivity index (χ3n) is 7.34. The van der Waals surface area contributed by atoms with Gasteiger partial charge in [-0.2, -0.15) is 0 Å². The molecule has 0 unspecified atom stereocenters. The van der Waals surface area contributed by atoms with Gasteiger partial charge >= 0.3 is 20.7 Å². The molecule has 7 nitrogen and oxygen atoms in total. The van der Waals surface area contributed by atoms with E-state index >= 15 is 0 Å². The molecule has 0 saturated carbocycles.